The zero-order valence-electron chi connectivity index (χ0n) is 9.99. The van der Waals surface area contributed by atoms with Crippen LogP contribution in [0.15, 0.2) is 16.8 Å². The Balaban J connectivity index is 1.73. The molecule has 1 heterocycles. The molecule has 4 nitrogen and oxygen atoms in total. The summed E-state index contributed by atoms with van der Waals surface area (Å²) in [7, 11) is 1.62. The van der Waals surface area contributed by atoms with Crippen LogP contribution in [0.5, 0.6) is 0 Å². The van der Waals surface area contributed by atoms with Crippen molar-refractivity contribution in [3.63, 3.8) is 0 Å². The Bertz CT molecular complexity index is 361. The van der Waals surface area contributed by atoms with E-state index in [1.54, 1.807) is 18.4 Å². The molecule has 0 spiro atoms. The first-order valence-corrected chi connectivity index (χ1v) is 6.74. The molecule has 2 N–H and O–H groups in total. The number of carbonyl (C=O) groups excluding carboxylic acids is 1. The van der Waals surface area contributed by atoms with Crippen molar-refractivity contribution >= 4 is 17.4 Å². The van der Waals surface area contributed by atoms with Crippen LogP contribution in [0.1, 0.15) is 18.4 Å². The van der Waals surface area contributed by atoms with Crippen molar-refractivity contribution in [3.8, 4) is 0 Å². The van der Waals surface area contributed by atoms with Crippen molar-refractivity contribution in [1.29, 1.82) is 0 Å². The first-order chi connectivity index (χ1) is 8.27. The van der Waals surface area contributed by atoms with Crippen LogP contribution >= 0.6 is 11.3 Å². The molecular formula is C12H18N2O2S. The Morgan fingerprint density at radius 3 is 2.94 bits per heavy atom. The number of urea groups is 1. The molecule has 1 aromatic heterocycles. The van der Waals surface area contributed by atoms with Crippen molar-refractivity contribution in [2.24, 2.45) is 0 Å². The number of amides is 2. The maximum atomic E-state index is 11.5. The fourth-order valence-electron chi connectivity index (χ4n) is 1.86. The smallest absolute Gasteiger partial charge is 0.314 e. The minimum absolute atomic E-state index is 0.108. The van der Waals surface area contributed by atoms with Gasteiger partial charge in [-0.3, -0.25) is 0 Å². The molecule has 17 heavy (non-hydrogen) atoms. The molecule has 5 heteroatoms. The van der Waals surface area contributed by atoms with E-state index in [4.69, 9.17) is 4.74 Å². The number of carbonyl (C=O) groups is 1. The van der Waals surface area contributed by atoms with Gasteiger partial charge in [-0.15, -0.1) is 0 Å². The molecule has 0 saturated heterocycles. The lowest BCUT2D eigenvalue weighted by atomic mass is 9.99. The SMILES string of the molecule is COCCNC(=O)NCC1(c2ccsc2)CC1. The van der Waals surface area contributed by atoms with E-state index < -0.39 is 0 Å². The number of ether oxygens (including phenoxy) is 1. The summed E-state index contributed by atoms with van der Waals surface area (Å²) in [5.74, 6) is 0. The Morgan fingerprint density at radius 1 is 1.53 bits per heavy atom. The number of hydrogen-bond donors (Lipinski definition) is 2. The van der Waals surface area contributed by atoms with Crippen LogP contribution in [0.4, 0.5) is 4.79 Å². The normalized spacial score (nSPS) is 16.5. The molecule has 0 atom stereocenters. The summed E-state index contributed by atoms with van der Waals surface area (Å²) in [6.07, 6.45) is 2.34. The first kappa shape index (κ1) is 12.4. The Kier molecular flexibility index (Phi) is 4.02. The highest BCUT2D eigenvalue weighted by molar-refractivity contribution is 7.08. The zero-order valence-corrected chi connectivity index (χ0v) is 10.8. The van der Waals surface area contributed by atoms with Crippen molar-refractivity contribution in [1.82, 2.24) is 10.6 Å². The third kappa shape index (κ3) is 3.20. The maximum Gasteiger partial charge on any atom is 0.314 e. The van der Waals surface area contributed by atoms with Crippen molar-refractivity contribution in [2.45, 2.75) is 18.3 Å². The molecule has 2 rings (SSSR count). The van der Waals surface area contributed by atoms with Gasteiger partial charge in [0.15, 0.2) is 0 Å². The van der Waals surface area contributed by atoms with Crippen LogP contribution in [0, 0.1) is 0 Å². The molecule has 1 fully saturated rings. The summed E-state index contributed by atoms with van der Waals surface area (Å²) in [6.45, 7) is 1.82. The maximum absolute atomic E-state index is 11.5. The van der Waals surface area contributed by atoms with Gasteiger partial charge in [-0.25, -0.2) is 4.79 Å². The van der Waals surface area contributed by atoms with Gasteiger partial charge in [0, 0.05) is 25.6 Å². The highest BCUT2D eigenvalue weighted by Crippen LogP contribution is 2.48. The third-order valence-corrected chi connectivity index (χ3v) is 3.85. The van der Waals surface area contributed by atoms with E-state index >= 15 is 0 Å². The molecule has 2 amide bonds. The van der Waals surface area contributed by atoms with Gasteiger partial charge in [0.1, 0.15) is 0 Å². The van der Waals surface area contributed by atoms with Crippen LogP contribution < -0.4 is 10.6 Å². The van der Waals surface area contributed by atoms with Crippen molar-refractivity contribution < 1.29 is 9.53 Å². The van der Waals surface area contributed by atoms with Gasteiger partial charge in [0.05, 0.1) is 6.61 Å². The van der Waals surface area contributed by atoms with Gasteiger partial charge >= 0.3 is 6.03 Å². The van der Waals surface area contributed by atoms with Crippen LogP contribution in [0.2, 0.25) is 0 Å². The summed E-state index contributed by atoms with van der Waals surface area (Å²) in [4.78, 5) is 11.5. The molecule has 0 aromatic carbocycles. The second-order valence-electron chi connectivity index (χ2n) is 4.39. The molecular weight excluding hydrogens is 236 g/mol. The molecule has 0 bridgehead atoms. The van der Waals surface area contributed by atoms with Gasteiger partial charge in [0.25, 0.3) is 0 Å². The predicted octanol–water partition coefficient (Wildman–Crippen LogP) is 1.73. The Morgan fingerprint density at radius 2 is 2.35 bits per heavy atom. The lowest BCUT2D eigenvalue weighted by Crippen LogP contribution is -2.40. The van der Waals surface area contributed by atoms with Crippen LogP contribution in [0.25, 0.3) is 0 Å². The molecule has 1 aliphatic rings. The van der Waals surface area contributed by atoms with E-state index in [1.165, 1.54) is 18.4 Å². The minimum Gasteiger partial charge on any atom is -0.383 e. The quantitative estimate of drug-likeness (QED) is 0.760. The molecule has 1 saturated carbocycles. The molecule has 0 radical (unpaired) electrons. The first-order valence-electron chi connectivity index (χ1n) is 5.80. The van der Waals surface area contributed by atoms with E-state index in [1.807, 2.05) is 0 Å². The van der Waals surface area contributed by atoms with Gasteiger partial charge in [-0.2, -0.15) is 11.3 Å². The number of rotatable bonds is 6. The number of thiophene rings is 1. The van der Waals surface area contributed by atoms with E-state index in [2.05, 4.69) is 27.5 Å². The standard InChI is InChI=1S/C12H18N2O2S/c1-16-6-5-13-11(15)14-9-12(3-4-12)10-2-7-17-8-10/h2,7-8H,3-6,9H2,1H3,(H2,13,14,15). The van der Waals surface area contributed by atoms with Gasteiger partial charge in [0.2, 0.25) is 0 Å². The van der Waals surface area contributed by atoms with Gasteiger partial charge < -0.3 is 15.4 Å². The highest BCUT2D eigenvalue weighted by atomic mass is 32.1. The highest BCUT2D eigenvalue weighted by Gasteiger charge is 2.44. The zero-order chi connectivity index (χ0) is 12.1. The average molecular weight is 254 g/mol. The van der Waals surface area contributed by atoms with E-state index in [0.29, 0.717) is 13.2 Å². The Hall–Kier alpha value is -1.07. The van der Waals surface area contributed by atoms with Crippen LogP contribution in [-0.4, -0.2) is 32.8 Å². The van der Waals surface area contributed by atoms with Gasteiger partial charge in [-0.1, -0.05) is 0 Å². The summed E-state index contributed by atoms with van der Waals surface area (Å²) < 4.78 is 4.87. The molecule has 1 aromatic rings. The molecule has 0 unspecified atom stereocenters. The average Bonchev–Trinajstić information content (AvgIpc) is 2.91. The van der Waals surface area contributed by atoms with Crippen molar-refractivity contribution in [2.75, 3.05) is 26.8 Å². The predicted molar refractivity (Wildman–Crippen MR) is 68.5 cm³/mol. The lowest BCUT2D eigenvalue weighted by molar-refractivity contribution is 0.195. The lowest BCUT2D eigenvalue weighted by Gasteiger charge is -2.15. The van der Waals surface area contributed by atoms with Crippen LogP contribution in [-0.2, 0) is 10.2 Å². The van der Waals surface area contributed by atoms with Gasteiger partial charge in [-0.05, 0) is 35.2 Å². The van der Waals surface area contributed by atoms with E-state index in [9.17, 15) is 4.79 Å². The number of methoxy groups -OCH3 is 1. The van der Waals surface area contributed by atoms with Crippen LogP contribution in [0.3, 0.4) is 0 Å². The molecule has 94 valence electrons. The second-order valence-corrected chi connectivity index (χ2v) is 5.17. The third-order valence-electron chi connectivity index (χ3n) is 3.17. The molecule has 0 aliphatic heterocycles. The summed E-state index contributed by atoms with van der Waals surface area (Å²) in [5, 5.41) is 9.96. The summed E-state index contributed by atoms with van der Waals surface area (Å²) in [5.41, 5.74) is 1.57. The van der Waals surface area contributed by atoms with E-state index in [-0.39, 0.29) is 11.4 Å². The topological polar surface area (TPSA) is 50.4 Å². The van der Waals surface area contributed by atoms with E-state index in [0.717, 1.165) is 6.54 Å². The number of hydrogen-bond acceptors (Lipinski definition) is 3. The summed E-state index contributed by atoms with van der Waals surface area (Å²) in [6, 6.07) is 2.05. The fraction of sp³-hybridized carbons (Fsp3) is 0.583. The Labute approximate surface area is 105 Å². The molecule has 1 aliphatic carbocycles. The van der Waals surface area contributed by atoms with Crippen molar-refractivity contribution in [3.05, 3.63) is 22.4 Å². The summed E-state index contributed by atoms with van der Waals surface area (Å²) >= 11 is 1.71. The monoisotopic (exact) mass is 254 g/mol. The minimum atomic E-state index is -0.108. The largest absolute Gasteiger partial charge is 0.383 e. The second kappa shape index (κ2) is 5.51. The number of nitrogens with one attached hydrogen (secondary N) is 2. The fourth-order valence-corrected chi connectivity index (χ4v) is 2.64.